The molecule has 2 N–H and O–H groups in total. The van der Waals surface area contributed by atoms with E-state index in [0.29, 0.717) is 25.3 Å². The highest BCUT2D eigenvalue weighted by molar-refractivity contribution is 9.10. The van der Waals surface area contributed by atoms with E-state index < -0.39 is 0 Å². The van der Waals surface area contributed by atoms with Crippen molar-refractivity contribution < 1.29 is 14.3 Å². The summed E-state index contributed by atoms with van der Waals surface area (Å²) < 4.78 is 11.5. The van der Waals surface area contributed by atoms with Crippen molar-refractivity contribution >= 4 is 27.8 Å². The molecule has 0 unspecified atom stereocenters. The van der Waals surface area contributed by atoms with E-state index in [1.54, 1.807) is 6.07 Å². The van der Waals surface area contributed by atoms with Gasteiger partial charge in [-0.2, -0.15) is 4.98 Å². The molecule has 0 saturated carbocycles. The van der Waals surface area contributed by atoms with Crippen LogP contribution in [0.25, 0.3) is 0 Å². The van der Waals surface area contributed by atoms with Gasteiger partial charge in [-0.15, -0.1) is 0 Å². The molecule has 0 bridgehead atoms. The summed E-state index contributed by atoms with van der Waals surface area (Å²) >= 11 is 3.40. The van der Waals surface area contributed by atoms with Crippen LogP contribution in [0.4, 0.5) is 5.95 Å². The molecule has 2 aromatic rings. The number of halogens is 1. The topological polar surface area (TPSA) is 85.4 Å². The molecule has 0 aliphatic rings. The van der Waals surface area contributed by atoms with Crippen molar-refractivity contribution in [2.24, 2.45) is 0 Å². The fourth-order valence-corrected chi connectivity index (χ4v) is 2.08. The summed E-state index contributed by atoms with van der Waals surface area (Å²) in [6.45, 7) is 0.450. The second-order valence-corrected chi connectivity index (χ2v) is 5.33. The molecule has 1 amide bonds. The first-order chi connectivity index (χ1) is 11.2. The number of methoxy groups -OCH3 is 1. The largest absolute Gasteiger partial charge is 0.492 e. The maximum Gasteiger partial charge on any atom is 0.245 e. The van der Waals surface area contributed by atoms with Crippen LogP contribution in [-0.2, 0) is 4.79 Å². The molecule has 0 atom stereocenters. The third-order valence-corrected chi connectivity index (χ3v) is 3.45. The first-order valence-electron chi connectivity index (χ1n) is 6.98. The summed E-state index contributed by atoms with van der Waals surface area (Å²) in [5.74, 6) is 1.27. The van der Waals surface area contributed by atoms with E-state index in [9.17, 15) is 4.79 Å². The second kappa shape index (κ2) is 8.94. The standard InChI is InChI=1S/C15H17BrN4O3/c1-22-14-8-9-17-15(18-14)20-19-13(21)7-4-10-23-12-6-3-2-5-11(12)16/h2-3,5-6,8-9H,4,7,10H2,1H3,(H,19,21)(H,17,18,20). The number of carbonyl (C=O) groups is 1. The smallest absolute Gasteiger partial charge is 0.245 e. The summed E-state index contributed by atoms with van der Waals surface area (Å²) in [5.41, 5.74) is 5.16. The molecule has 23 heavy (non-hydrogen) atoms. The summed E-state index contributed by atoms with van der Waals surface area (Å²) in [5, 5.41) is 0. The van der Waals surface area contributed by atoms with Gasteiger partial charge in [0.1, 0.15) is 5.75 Å². The molecule has 7 nitrogen and oxygen atoms in total. The lowest BCUT2D eigenvalue weighted by atomic mass is 10.3. The number of para-hydroxylation sites is 1. The molecular formula is C15H17BrN4O3. The van der Waals surface area contributed by atoms with Gasteiger partial charge in [0, 0.05) is 18.7 Å². The van der Waals surface area contributed by atoms with E-state index in [4.69, 9.17) is 9.47 Å². The number of hydrazine groups is 1. The molecule has 1 heterocycles. The van der Waals surface area contributed by atoms with E-state index in [-0.39, 0.29) is 11.9 Å². The lowest BCUT2D eigenvalue weighted by Gasteiger charge is -2.09. The van der Waals surface area contributed by atoms with Crippen LogP contribution in [0.15, 0.2) is 41.0 Å². The second-order valence-electron chi connectivity index (χ2n) is 4.48. The lowest BCUT2D eigenvalue weighted by molar-refractivity contribution is -0.120. The van der Waals surface area contributed by atoms with Gasteiger partial charge in [0.05, 0.1) is 18.2 Å². The van der Waals surface area contributed by atoms with Crippen LogP contribution in [-0.4, -0.2) is 29.6 Å². The zero-order chi connectivity index (χ0) is 16.5. The predicted octanol–water partition coefficient (Wildman–Crippen LogP) is 2.55. The molecule has 0 fully saturated rings. The third kappa shape index (κ3) is 5.74. The van der Waals surface area contributed by atoms with Crippen molar-refractivity contribution in [3.8, 4) is 11.6 Å². The van der Waals surface area contributed by atoms with E-state index in [0.717, 1.165) is 10.2 Å². The number of carbonyl (C=O) groups excluding carboxylic acids is 1. The summed E-state index contributed by atoms with van der Waals surface area (Å²) in [6.07, 6.45) is 2.45. The van der Waals surface area contributed by atoms with E-state index in [1.165, 1.54) is 13.3 Å². The number of amides is 1. The van der Waals surface area contributed by atoms with Gasteiger partial charge in [0.2, 0.25) is 17.7 Å². The minimum absolute atomic E-state index is 0.174. The Morgan fingerprint density at radius 2 is 2.13 bits per heavy atom. The number of benzene rings is 1. The minimum Gasteiger partial charge on any atom is -0.492 e. The number of aromatic nitrogens is 2. The van der Waals surface area contributed by atoms with E-state index >= 15 is 0 Å². The maximum absolute atomic E-state index is 11.7. The molecule has 8 heteroatoms. The molecule has 0 saturated heterocycles. The Kier molecular flexibility index (Phi) is 6.61. The van der Waals surface area contributed by atoms with Crippen molar-refractivity contribution in [1.29, 1.82) is 0 Å². The van der Waals surface area contributed by atoms with Gasteiger partial charge in [-0.25, -0.2) is 4.98 Å². The molecule has 1 aromatic heterocycles. The Balaban J connectivity index is 1.66. The Bertz CT molecular complexity index is 654. The highest BCUT2D eigenvalue weighted by atomic mass is 79.9. The SMILES string of the molecule is COc1ccnc(NNC(=O)CCCOc2ccccc2Br)n1. The molecular weight excluding hydrogens is 364 g/mol. The average molecular weight is 381 g/mol. The van der Waals surface area contributed by atoms with Crippen LogP contribution in [0.5, 0.6) is 11.6 Å². The summed E-state index contributed by atoms with van der Waals surface area (Å²) in [7, 11) is 1.51. The Morgan fingerprint density at radius 1 is 1.30 bits per heavy atom. The van der Waals surface area contributed by atoms with Gasteiger partial charge in [-0.1, -0.05) is 12.1 Å². The van der Waals surface area contributed by atoms with Crippen LogP contribution in [0.1, 0.15) is 12.8 Å². The van der Waals surface area contributed by atoms with Gasteiger partial charge in [0.25, 0.3) is 0 Å². The van der Waals surface area contributed by atoms with Crippen molar-refractivity contribution in [3.05, 3.63) is 41.0 Å². The molecule has 0 aliphatic carbocycles. The quantitative estimate of drug-likeness (QED) is 0.540. The minimum atomic E-state index is -0.174. The monoisotopic (exact) mass is 380 g/mol. The normalized spacial score (nSPS) is 10.0. The van der Waals surface area contributed by atoms with Crippen LogP contribution >= 0.6 is 15.9 Å². The fourth-order valence-electron chi connectivity index (χ4n) is 1.68. The first-order valence-corrected chi connectivity index (χ1v) is 7.77. The molecule has 2 rings (SSSR count). The highest BCUT2D eigenvalue weighted by Gasteiger charge is 2.04. The van der Waals surface area contributed by atoms with E-state index in [1.807, 2.05) is 24.3 Å². The van der Waals surface area contributed by atoms with Gasteiger partial charge in [-0.05, 0) is 34.5 Å². The fraction of sp³-hybridized carbons (Fsp3) is 0.267. The summed E-state index contributed by atoms with van der Waals surface area (Å²) in [4.78, 5) is 19.7. The average Bonchev–Trinajstić information content (AvgIpc) is 2.58. The van der Waals surface area contributed by atoms with Crippen molar-refractivity contribution in [2.75, 3.05) is 19.1 Å². The zero-order valence-electron chi connectivity index (χ0n) is 12.6. The van der Waals surface area contributed by atoms with Gasteiger partial charge in [-0.3, -0.25) is 15.6 Å². The van der Waals surface area contributed by atoms with Crippen molar-refractivity contribution in [2.45, 2.75) is 12.8 Å². The van der Waals surface area contributed by atoms with Crippen LogP contribution < -0.4 is 20.3 Å². The first kappa shape index (κ1) is 17.0. The van der Waals surface area contributed by atoms with Crippen molar-refractivity contribution in [3.63, 3.8) is 0 Å². The Labute approximate surface area is 142 Å². The molecule has 122 valence electrons. The van der Waals surface area contributed by atoms with Crippen LogP contribution in [0, 0.1) is 0 Å². The molecule has 0 spiro atoms. The zero-order valence-corrected chi connectivity index (χ0v) is 14.2. The van der Waals surface area contributed by atoms with Crippen LogP contribution in [0.3, 0.4) is 0 Å². The van der Waals surface area contributed by atoms with Gasteiger partial charge < -0.3 is 9.47 Å². The number of nitrogens with one attached hydrogen (secondary N) is 2. The number of hydrogen-bond acceptors (Lipinski definition) is 6. The number of anilines is 1. The Morgan fingerprint density at radius 3 is 2.91 bits per heavy atom. The van der Waals surface area contributed by atoms with Crippen molar-refractivity contribution in [1.82, 2.24) is 15.4 Å². The number of nitrogens with zero attached hydrogens (tertiary/aromatic N) is 2. The Hall–Kier alpha value is -2.35. The lowest BCUT2D eigenvalue weighted by Crippen LogP contribution is -2.30. The molecule has 1 aromatic carbocycles. The predicted molar refractivity (Wildman–Crippen MR) is 89.2 cm³/mol. The van der Waals surface area contributed by atoms with Gasteiger partial charge >= 0.3 is 0 Å². The molecule has 0 radical (unpaired) electrons. The number of ether oxygens (including phenoxy) is 2. The van der Waals surface area contributed by atoms with Crippen LogP contribution in [0.2, 0.25) is 0 Å². The number of rotatable bonds is 8. The molecule has 0 aliphatic heterocycles. The highest BCUT2D eigenvalue weighted by Crippen LogP contribution is 2.23. The number of hydrogen-bond donors (Lipinski definition) is 2. The maximum atomic E-state index is 11.7. The van der Waals surface area contributed by atoms with Gasteiger partial charge in [0.15, 0.2) is 0 Å². The summed E-state index contributed by atoms with van der Waals surface area (Å²) in [6, 6.07) is 9.19. The third-order valence-electron chi connectivity index (χ3n) is 2.80. The van der Waals surface area contributed by atoms with E-state index in [2.05, 4.69) is 36.7 Å².